The lowest BCUT2D eigenvalue weighted by atomic mass is 10.1. The van der Waals surface area contributed by atoms with Crippen LogP contribution < -0.4 is 10.2 Å². The molecule has 0 saturated carbocycles. The second kappa shape index (κ2) is 6.74. The SMILES string of the molecule is Cc1ccc(C)c(OCC(=O)NN=Cc2cccn2C)c1. The number of rotatable bonds is 5. The molecule has 0 radical (unpaired) electrons. The van der Waals surface area contributed by atoms with Crippen LogP contribution in [0.4, 0.5) is 0 Å². The van der Waals surface area contributed by atoms with Gasteiger partial charge in [-0.3, -0.25) is 4.79 Å². The van der Waals surface area contributed by atoms with Crippen LogP contribution in [0, 0.1) is 13.8 Å². The summed E-state index contributed by atoms with van der Waals surface area (Å²) in [7, 11) is 1.91. The number of amides is 1. The van der Waals surface area contributed by atoms with E-state index in [0.717, 1.165) is 22.6 Å². The predicted molar refractivity (Wildman–Crippen MR) is 82.6 cm³/mol. The first-order valence-corrected chi connectivity index (χ1v) is 6.69. The van der Waals surface area contributed by atoms with Crippen LogP contribution in [-0.4, -0.2) is 23.3 Å². The maximum atomic E-state index is 11.7. The number of hydrazone groups is 1. The van der Waals surface area contributed by atoms with Crippen LogP contribution in [0.1, 0.15) is 16.8 Å². The van der Waals surface area contributed by atoms with Gasteiger partial charge in [0, 0.05) is 13.2 Å². The van der Waals surface area contributed by atoms with Gasteiger partial charge in [-0.1, -0.05) is 12.1 Å². The van der Waals surface area contributed by atoms with Crippen molar-refractivity contribution in [3.05, 3.63) is 53.3 Å². The van der Waals surface area contributed by atoms with Crippen molar-refractivity contribution in [3.8, 4) is 5.75 Å². The Bertz CT molecular complexity index is 659. The topological polar surface area (TPSA) is 55.6 Å². The summed E-state index contributed by atoms with van der Waals surface area (Å²) in [4.78, 5) is 11.7. The van der Waals surface area contributed by atoms with E-state index >= 15 is 0 Å². The van der Waals surface area contributed by atoms with Gasteiger partial charge >= 0.3 is 0 Å². The van der Waals surface area contributed by atoms with E-state index in [-0.39, 0.29) is 12.5 Å². The Morgan fingerprint density at radius 3 is 2.90 bits per heavy atom. The fourth-order valence-electron chi connectivity index (χ4n) is 1.82. The minimum atomic E-state index is -0.290. The molecule has 2 rings (SSSR count). The van der Waals surface area contributed by atoms with E-state index in [4.69, 9.17) is 4.74 Å². The number of hydrogen-bond donors (Lipinski definition) is 1. The number of benzene rings is 1. The quantitative estimate of drug-likeness (QED) is 0.676. The van der Waals surface area contributed by atoms with Gasteiger partial charge < -0.3 is 9.30 Å². The zero-order valence-corrected chi connectivity index (χ0v) is 12.5. The lowest BCUT2D eigenvalue weighted by molar-refractivity contribution is -0.123. The normalized spacial score (nSPS) is 10.8. The predicted octanol–water partition coefficient (Wildman–Crippen LogP) is 2.17. The van der Waals surface area contributed by atoms with E-state index in [1.165, 1.54) is 0 Å². The number of ether oxygens (including phenoxy) is 1. The molecule has 110 valence electrons. The third-order valence-corrected chi connectivity index (χ3v) is 3.07. The van der Waals surface area contributed by atoms with Gasteiger partial charge in [-0.2, -0.15) is 5.10 Å². The zero-order valence-electron chi connectivity index (χ0n) is 12.5. The number of nitrogens with zero attached hydrogens (tertiary/aromatic N) is 2. The Kier molecular flexibility index (Phi) is 4.77. The van der Waals surface area contributed by atoms with Gasteiger partial charge in [-0.25, -0.2) is 5.43 Å². The van der Waals surface area contributed by atoms with Crippen molar-refractivity contribution >= 4 is 12.1 Å². The molecule has 0 spiro atoms. The van der Waals surface area contributed by atoms with E-state index in [2.05, 4.69) is 10.5 Å². The maximum absolute atomic E-state index is 11.7. The Labute approximate surface area is 124 Å². The van der Waals surface area contributed by atoms with E-state index in [9.17, 15) is 4.79 Å². The highest BCUT2D eigenvalue weighted by molar-refractivity contribution is 5.81. The minimum Gasteiger partial charge on any atom is -0.483 e. The molecule has 1 aromatic heterocycles. The minimum absolute atomic E-state index is 0.0607. The van der Waals surface area contributed by atoms with E-state index in [1.807, 2.05) is 62.0 Å². The third-order valence-electron chi connectivity index (χ3n) is 3.07. The van der Waals surface area contributed by atoms with Gasteiger partial charge in [0.05, 0.1) is 11.9 Å². The first kappa shape index (κ1) is 14.8. The highest BCUT2D eigenvalue weighted by Crippen LogP contribution is 2.18. The van der Waals surface area contributed by atoms with Crippen molar-refractivity contribution in [2.75, 3.05) is 6.61 Å². The molecule has 1 aromatic carbocycles. The van der Waals surface area contributed by atoms with E-state index in [1.54, 1.807) is 6.21 Å². The maximum Gasteiger partial charge on any atom is 0.277 e. The van der Waals surface area contributed by atoms with Gasteiger partial charge in [0.1, 0.15) is 5.75 Å². The summed E-state index contributed by atoms with van der Waals surface area (Å²) in [5.41, 5.74) is 5.45. The first-order chi connectivity index (χ1) is 10.1. The van der Waals surface area contributed by atoms with Crippen molar-refractivity contribution in [1.29, 1.82) is 0 Å². The van der Waals surface area contributed by atoms with Crippen molar-refractivity contribution in [3.63, 3.8) is 0 Å². The number of carbonyl (C=O) groups is 1. The molecule has 1 N–H and O–H groups in total. The molecule has 2 aromatic rings. The molecular weight excluding hydrogens is 266 g/mol. The Balaban J connectivity index is 1.84. The highest BCUT2D eigenvalue weighted by atomic mass is 16.5. The second-order valence-corrected chi connectivity index (χ2v) is 4.89. The average Bonchev–Trinajstić information content (AvgIpc) is 2.85. The summed E-state index contributed by atoms with van der Waals surface area (Å²) in [5.74, 6) is 0.429. The summed E-state index contributed by atoms with van der Waals surface area (Å²) in [6, 6.07) is 9.70. The highest BCUT2D eigenvalue weighted by Gasteiger charge is 2.04. The summed E-state index contributed by atoms with van der Waals surface area (Å²) in [6.45, 7) is 3.87. The molecule has 0 bridgehead atoms. The van der Waals surface area contributed by atoms with Crippen LogP contribution in [0.3, 0.4) is 0 Å². The molecule has 1 amide bonds. The number of nitrogens with one attached hydrogen (secondary N) is 1. The van der Waals surface area contributed by atoms with Crippen molar-refractivity contribution < 1.29 is 9.53 Å². The van der Waals surface area contributed by atoms with Crippen LogP contribution in [-0.2, 0) is 11.8 Å². The molecule has 5 heteroatoms. The summed E-state index contributed by atoms with van der Waals surface area (Å²) < 4.78 is 7.40. The first-order valence-electron chi connectivity index (χ1n) is 6.69. The van der Waals surface area contributed by atoms with Crippen molar-refractivity contribution in [2.24, 2.45) is 12.1 Å². The molecule has 0 unspecified atom stereocenters. The lowest BCUT2D eigenvalue weighted by Crippen LogP contribution is -2.24. The van der Waals surface area contributed by atoms with Gasteiger partial charge in [-0.05, 0) is 43.2 Å². The monoisotopic (exact) mass is 285 g/mol. The standard InChI is InChI=1S/C16H19N3O2/c1-12-6-7-13(2)15(9-12)21-11-16(20)18-17-10-14-5-4-8-19(14)3/h4-10H,11H2,1-3H3,(H,18,20). The van der Waals surface area contributed by atoms with Crippen LogP contribution in [0.5, 0.6) is 5.75 Å². The fraction of sp³-hybridized carbons (Fsp3) is 0.250. The molecule has 5 nitrogen and oxygen atoms in total. The Morgan fingerprint density at radius 2 is 2.19 bits per heavy atom. The van der Waals surface area contributed by atoms with Gasteiger partial charge in [0.2, 0.25) is 0 Å². The molecule has 0 saturated heterocycles. The molecule has 0 aliphatic rings. The molecule has 0 aliphatic carbocycles. The van der Waals surface area contributed by atoms with Crippen LogP contribution in [0.2, 0.25) is 0 Å². The Morgan fingerprint density at radius 1 is 1.38 bits per heavy atom. The van der Waals surface area contributed by atoms with Crippen LogP contribution in [0.15, 0.2) is 41.6 Å². The van der Waals surface area contributed by atoms with Crippen molar-refractivity contribution in [2.45, 2.75) is 13.8 Å². The Hall–Kier alpha value is -2.56. The second-order valence-electron chi connectivity index (χ2n) is 4.89. The number of aryl methyl sites for hydroxylation is 3. The summed E-state index contributed by atoms with van der Waals surface area (Å²) in [6.07, 6.45) is 3.50. The molecular formula is C16H19N3O2. The van der Waals surface area contributed by atoms with Gasteiger partial charge in [0.25, 0.3) is 5.91 Å². The summed E-state index contributed by atoms with van der Waals surface area (Å²) >= 11 is 0. The van der Waals surface area contributed by atoms with E-state index in [0.29, 0.717) is 0 Å². The lowest BCUT2D eigenvalue weighted by Gasteiger charge is -2.08. The third kappa shape index (κ3) is 4.21. The largest absolute Gasteiger partial charge is 0.483 e. The van der Waals surface area contributed by atoms with E-state index < -0.39 is 0 Å². The molecule has 1 heterocycles. The smallest absolute Gasteiger partial charge is 0.277 e. The molecule has 21 heavy (non-hydrogen) atoms. The molecule has 0 atom stereocenters. The van der Waals surface area contributed by atoms with Gasteiger partial charge in [-0.15, -0.1) is 0 Å². The molecule has 0 aliphatic heterocycles. The number of carbonyl (C=O) groups excluding carboxylic acids is 1. The van der Waals surface area contributed by atoms with Crippen LogP contribution in [0.25, 0.3) is 0 Å². The van der Waals surface area contributed by atoms with Gasteiger partial charge in [0.15, 0.2) is 6.61 Å². The average molecular weight is 285 g/mol. The number of hydrogen-bond acceptors (Lipinski definition) is 3. The molecule has 0 fully saturated rings. The number of aromatic nitrogens is 1. The van der Waals surface area contributed by atoms with Crippen LogP contribution >= 0.6 is 0 Å². The zero-order chi connectivity index (χ0) is 15.2. The van der Waals surface area contributed by atoms with Crippen molar-refractivity contribution in [1.82, 2.24) is 9.99 Å². The summed E-state index contributed by atoms with van der Waals surface area (Å²) in [5, 5.41) is 3.90. The fourth-order valence-corrected chi connectivity index (χ4v) is 1.82.